The zero-order valence-corrected chi connectivity index (χ0v) is 9.42. The fourth-order valence-corrected chi connectivity index (χ4v) is 1.72. The van der Waals surface area contributed by atoms with Crippen molar-refractivity contribution in [3.05, 3.63) is 29.2 Å². The van der Waals surface area contributed by atoms with Gasteiger partial charge in [-0.15, -0.1) is 0 Å². The predicted octanol–water partition coefficient (Wildman–Crippen LogP) is 2.41. The number of pyridine rings is 1. The molecule has 3 rings (SSSR count). The molecular weight excluding hydrogens is 240 g/mol. The maximum atomic E-state index is 8.73. The van der Waals surface area contributed by atoms with Crippen LogP contribution in [0.1, 0.15) is 18.2 Å². The van der Waals surface area contributed by atoms with Crippen molar-refractivity contribution >= 4 is 11.6 Å². The first-order chi connectivity index (χ1) is 8.28. The third-order valence-corrected chi connectivity index (χ3v) is 2.90. The molecule has 1 saturated carbocycles. The summed E-state index contributed by atoms with van der Waals surface area (Å²) in [5.41, 5.74) is 0.610. The van der Waals surface area contributed by atoms with Gasteiger partial charge in [-0.3, -0.25) is 4.98 Å². The van der Waals surface area contributed by atoms with Crippen molar-refractivity contribution in [1.82, 2.24) is 15.1 Å². The quantitative estimate of drug-likeness (QED) is 0.813. The van der Waals surface area contributed by atoms with Gasteiger partial charge in [-0.05, 0) is 18.6 Å². The largest absolute Gasteiger partial charge is 0.339 e. The van der Waals surface area contributed by atoms with Crippen molar-refractivity contribution in [3.8, 4) is 17.6 Å². The van der Waals surface area contributed by atoms with E-state index in [2.05, 4.69) is 21.2 Å². The van der Waals surface area contributed by atoms with Crippen LogP contribution in [-0.4, -0.2) is 15.1 Å². The highest BCUT2D eigenvalue weighted by Gasteiger charge is 2.43. The van der Waals surface area contributed by atoms with Gasteiger partial charge in [-0.2, -0.15) is 10.2 Å². The van der Waals surface area contributed by atoms with Crippen LogP contribution in [-0.2, 0) is 0 Å². The number of rotatable bonds is 2. The first-order valence-corrected chi connectivity index (χ1v) is 5.51. The van der Waals surface area contributed by atoms with Crippen LogP contribution in [0.25, 0.3) is 11.5 Å². The maximum absolute atomic E-state index is 8.73. The second-order valence-corrected chi connectivity index (χ2v) is 4.33. The molecule has 5 nitrogen and oxygen atoms in total. The smallest absolute Gasteiger partial charge is 0.231 e. The summed E-state index contributed by atoms with van der Waals surface area (Å²) in [6, 6.07) is 5.63. The standard InChI is InChI=1S/C11H7ClN4O/c12-7-1-2-9(14-5-7)10-15-11(17-16-10)8-3-6(8)4-13/h1-2,5-6,8H,3H2. The number of hydrogen-bond donors (Lipinski definition) is 0. The van der Waals surface area contributed by atoms with Gasteiger partial charge in [0.2, 0.25) is 11.7 Å². The SMILES string of the molecule is N#CC1CC1c1nc(-c2ccc(Cl)cn2)no1. The van der Waals surface area contributed by atoms with E-state index >= 15 is 0 Å². The minimum absolute atomic E-state index is 0.0153. The summed E-state index contributed by atoms with van der Waals surface area (Å²) in [5.74, 6) is 1.05. The second-order valence-electron chi connectivity index (χ2n) is 3.90. The highest BCUT2D eigenvalue weighted by atomic mass is 35.5. The van der Waals surface area contributed by atoms with Crippen LogP contribution in [0.5, 0.6) is 0 Å². The molecule has 17 heavy (non-hydrogen) atoms. The first kappa shape index (κ1) is 10.2. The fourth-order valence-electron chi connectivity index (χ4n) is 1.61. The van der Waals surface area contributed by atoms with Gasteiger partial charge in [0.15, 0.2) is 0 Å². The van der Waals surface area contributed by atoms with Crippen LogP contribution in [0.15, 0.2) is 22.9 Å². The van der Waals surface area contributed by atoms with Gasteiger partial charge >= 0.3 is 0 Å². The molecule has 0 bridgehead atoms. The first-order valence-electron chi connectivity index (χ1n) is 5.13. The van der Waals surface area contributed by atoms with Crippen molar-refractivity contribution in [1.29, 1.82) is 5.26 Å². The van der Waals surface area contributed by atoms with E-state index in [1.807, 2.05) is 0 Å². The van der Waals surface area contributed by atoms with Crippen LogP contribution < -0.4 is 0 Å². The molecule has 0 radical (unpaired) electrons. The second kappa shape index (κ2) is 3.82. The van der Waals surface area contributed by atoms with E-state index in [9.17, 15) is 0 Å². The minimum atomic E-state index is 0.0153. The topological polar surface area (TPSA) is 75.6 Å². The Hall–Kier alpha value is -1.93. The third kappa shape index (κ3) is 1.87. The van der Waals surface area contributed by atoms with Crippen LogP contribution in [0, 0.1) is 17.2 Å². The average molecular weight is 247 g/mol. The molecule has 0 aromatic carbocycles. The normalized spacial score (nSPS) is 22.1. The molecule has 0 aliphatic heterocycles. The highest BCUT2D eigenvalue weighted by molar-refractivity contribution is 6.30. The number of nitrogens with zero attached hydrogens (tertiary/aromatic N) is 4. The summed E-state index contributed by atoms with van der Waals surface area (Å²) in [7, 11) is 0. The van der Waals surface area contributed by atoms with Crippen LogP contribution >= 0.6 is 11.6 Å². The molecule has 2 aromatic rings. The Morgan fingerprint density at radius 2 is 2.35 bits per heavy atom. The molecule has 6 heteroatoms. The zero-order valence-electron chi connectivity index (χ0n) is 8.67. The third-order valence-electron chi connectivity index (χ3n) is 2.67. The molecule has 2 aromatic heterocycles. The lowest BCUT2D eigenvalue weighted by atomic mass is 10.3. The van der Waals surface area contributed by atoms with Gasteiger partial charge in [0.25, 0.3) is 0 Å². The van der Waals surface area contributed by atoms with E-state index in [1.165, 1.54) is 6.20 Å². The Bertz CT molecular complexity index is 586. The Balaban J connectivity index is 1.86. The summed E-state index contributed by atoms with van der Waals surface area (Å²) in [6.45, 7) is 0. The monoisotopic (exact) mass is 246 g/mol. The number of aromatic nitrogens is 3. The molecule has 2 unspecified atom stereocenters. The summed E-state index contributed by atoms with van der Waals surface area (Å²) in [4.78, 5) is 8.33. The van der Waals surface area contributed by atoms with Crippen molar-refractivity contribution in [3.63, 3.8) is 0 Å². The van der Waals surface area contributed by atoms with E-state index in [1.54, 1.807) is 12.1 Å². The summed E-state index contributed by atoms with van der Waals surface area (Å²) in [5, 5.41) is 13.1. The summed E-state index contributed by atoms with van der Waals surface area (Å²) in [6.07, 6.45) is 2.33. The lowest BCUT2D eigenvalue weighted by Gasteiger charge is -1.92. The van der Waals surface area contributed by atoms with Gasteiger partial charge in [0.05, 0.1) is 22.9 Å². The van der Waals surface area contributed by atoms with Gasteiger partial charge in [0, 0.05) is 6.20 Å². The maximum Gasteiger partial charge on any atom is 0.231 e. The van der Waals surface area contributed by atoms with E-state index in [4.69, 9.17) is 21.4 Å². The lowest BCUT2D eigenvalue weighted by Crippen LogP contribution is -1.86. The Morgan fingerprint density at radius 3 is 3.00 bits per heavy atom. The van der Waals surface area contributed by atoms with Crippen molar-refractivity contribution in [2.45, 2.75) is 12.3 Å². The van der Waals surface area contributed by atoms with Crippen molar-refractivity contribution in [2.24, 2.45) is 5.92 Å². The molecule has 1 aliphatic rings. The van der Waals surface area contributed by atoms with Gasteiger partial charge < -0.3 is 4.52 Å². The van der Waals surface area contributed by atoms with Gasteiger partial charge in [-0.1, -0.05) is 16.8 Å². The molecule has 2 heterocycles. The van der Waals surface area contributed by atoms with E-state index in [0.717, 1.165) is 6.42 Å². The van der Waals surface area contributed by atoms with Crippen LogP contribution in [0.3, 0.4) is 0 Å². The predicted molar refractivity (Wildman–Crippen MR) is 59.0 cm³/mol. The van der Waals surface area contributed by atoms with Gasteiger partial charge in [-0.25, -0.2) is 0 Å². The van der Waals surface area contributed by atoms with E-state index in [0.29, 0.717) is 22.4 Å². The molecular formula is C11H7ClN4O. The molecule has 84 valence electrons. The number of halogens is 1. The molecule has 0 saturated heterocycles. The lowest BCUT2D eigenvalue weighted by molar-refractivity contribution is 0.378. The molecule has 2 atom stereocenters. The zero-order chi connectivity index (χ0) is 11.8. The Morgan fingerprint density at radius 1 is 1.47 bits per heavy atom. The Kier molecular flexibility index (Phi) is 2.30. The number of hydrogen-bond acceptors (Lipinski definition) is 5. The van der Waals surface area contributed by atoms with Crippen molar-refractivity contribution in [2.75, 3.05) is 0 Å². The van der Waals surface area contributed by atoms with Crippen molar-refractivity contribution < 1.29 is 4.52 Å². The molecule has 0 spiro atoms. The van der Waals surface area contributed by atoms with E-state index in [-0.39, 0.29) is 11.8 Å². The Labute approximate surface area is 102 Å². The van der Waals surface area contributed by atoms with Gasteiger partial charge in [0.1, 0.15) is 5.69 Å². The van der Waals surface area contributed by atoms with E-state index < -0.39 is 0 Å². The molecule has 1 fully saturated rings. The fraction of sp³-hybridized carbons (Fsp3) is 0.273. The highest BCUT2D eigenvalue weighted by Crippen LogP contribution is 2.46. The average Bonchev–Trinajstić information content (AvgIpc) is 2.99. The summed E-state index contributed by atoms with van der Waals surface area (Å²) < 4.78 is 5.12. The van der Waals surface area contributed by atoms with Crippen LogP contribution in [0.2, 0.25) is 5.02 Å². The number of nitriles is 1. The molecule has 1 aliphatic carbocycles. The molecule has 0 amide bonds. The van der Waals surface area contributed by atoms with Crippen LogP contribution in [0.4, 0.5) is 0 Å². The summed E-state index contributed by atoms with van der Waals surface area (Å²) >= 11 is 5.74. The molecule has 0 N–H and O–H groups in total. The minimum Gasteiger partial charge on any atom is -0.339 e.